The predicted octanol–water partition coefficient (Wildman–Crippen LogP) is 3.40. The number of carbonyl (C=O) groups is 2. The summed E-state index contributed by atoms with van der Waals surface area (Å²) < 4.78 is 0. The van der Waals surface area contributed by atoms with Crippen LogP contribution in [-0.2, 0) is 0 Å². The van der Waals surface area contributed by atoms with Crippen molar-refractivity contribution in [2.45, 2.75) is 37.8 Å². The van der Waals surface area contributed by atoms with Crippen LogP contribution in [0.15, 0.2) is 41.8 Å². The van der Waals surface area contributed by atoms with Gasteiger partial charge in [-0.25, -0.2) is 0 Å². The van der Waals surface area contributed by atoms with Crippen LogP contribution < -0.4 is 11.1 Å². The molecule has 1 heterocycles. The molecular formula is C18H21ClN2O2S. The highest BCUT2D eigenvalue weighted by atomic mass is 35.5. The van der Waals surface area contributed by atoms with E-state index in [0.29, 0.717) is 16.0 Å². The number of halogens is 1. The molecule has 0 aliphatic heterocycles. The minimum Gasteiger partial charge on any atom is -0.349 e. The van der Waals surface area contributed by atoms with E-state index in [1.807, 2.05) is 11.4 Å². The summed E-state index contributed by atoms with van der Waals surface area (Å²) in [6.07, 6.45) is 3.66. The summed E-state index contributed by atoms with van der Waals surface area (Å²) in [7, 11) is 0. The lowest BCUT2D eigenvalue weighted by Gasteiger charge is -2.27. The van der Waals surface area contributed by atoms with E-state index in [1.165, 1.54) is 11.3 Å². The lowest BCUT2D eigenvalue weighted by Crippen LogP contribution is -2.40. The van der Waals surface area contributed by atoms with Crippen molar-refractivity contribution in [1.82, 2.24) is 5.32 Å². The Bertz CT molecular complexity index is 695. The van der Waals surface area contributed by atoms with Crippen molar-refractivity contribution < 1.29 is 9.59 Å². The zero-order chi connectivity index (χ0) is 16.2. The van der Waals surface area contributed by atoms with Gasteiger partial charge in [0, 0.05) is 17.6 Å². The monoisotopic (exact) mass is 364 g/mol. The molecule has 1 fully saturated rings. The van der Waals surface area contributed by atoms with Gasteiger partial charge in [-0.05, 0) is 43.2 Å². The number of thiophene rings is 1. The Morgan fingerprint density at radius 1 is 1.00 bits per heavy atom. The third-order valence-corrected chi connectivity index (χ3v) is 5.14. The van der Waals surface area contributed by atoms with Gasteiger partial charge >= 0.3 is 0 Å². The molecule has 0 atom stereocenters. The van der Waals surface area contributed by atoms with Crippen LogP contribution >= 0.6 is 23.7 Å². The van der Waals surface area contributed by atoms with Crippen molar-refractivity contribution in [2.24, 2.45) is 5.73 Å². The van der Waals surface area contributed by atoms with Gasteiger partial charge in [-0.2, -0.15) is 0 Å². The molecule has 1 aliphatic carbocycles. The first-order valence-corrected chi connectivity index (χ1v) is 8.77. The van der Waals surface area contributed by atoms with E-state index in [4.69, 9.17) is 5.73 Å². The van der Waals surface area contributed by atoms with Crippen LogP contribution in [0.3, 0.4) is 0 Å². The molecule has 0 saturated heterocycles. The van der Waals surface area contributed by atoms with Gasteiger partial charge < -0.3 is 11.1 Å². The number of hydrogen-bond acceptors (Lipinski definition) is 4. The predicted molar refractivity (Wildman–Crippen MR) is 99.1 cm³/mol. The van der Waals surface area contributed by atoms with Crippen molar-refractivity contribution >= 4 is 35.4 Å². The molecule has 0 unspecified atom stereocenters. The molecule has 0 radical (unpaired) electrons. The maximum absolute atomic E-state index is 12.6. The second-order valence-corrected chi connectivity index (χ2v) is 6.88. The molecule has 1 saturated carbocycles. The molecule has 24 heavy (non-hydrogen) atoms. The number of benzene rings is 1. The quantitative estimate of drug-likeness (QED) is 0.816. The highest BCUT2D eigenvalue weighted by Crippen LogP contribution is 2.20. The minimum atomic E-state index is -0.175. The Labute approximate surface area is 151 Å². The fraction of sp³-hybridized carbons (Fsp3) is 0.333. The molecular weight excluding hydrogens is 344 g/mol. The number of amides is 1. The molecule has 4 nitrogen and oxygen atoms in total. The summed E-state index contributed by atoms with van der Waals surface area (Å²) in [4.78, 5) is 25.8. The first kappa shape index (κ1) is 18.6. The van der Waals surface area contributed by atoms with Crippen LogP contribution in [0, 0.1) is 0 Å². The van der Waals surface area contributed by atoms with Crippen LogP contribution in [-0.4, -0.2) is 23.8 Å². The average molecular weight is 365 g/mol. The van der Waals surface area contributed by atoms with E-state index >= 15 is 0 Å². The Hall–Kier alpha value is -1.69. The molecule has 3 rings (SSSR count). The van der Waals surface area contributed by atoms with Crippen molar-refractivity contribution in [3.8, 4) is 0 Å². The molecule has 0 bridgehead atoms. The van der Waals surface area contributed by atoms with Crippen molar-refractivity contribution in [1.29, 1.82) is 0 Å². The van der Waals surface area contributed by atoms with E-state index in [0.717, 1.165) is 25.7 Å². The summed E-state index contributed by atoms with van der Waals surface area (Å²) in [5.74, 6) is -0.276. The van der Waals surface area contributed by atoms with E-state index in [-0.39, 0.29) is 36.2 Å². The standard InChI is InChI=1S/C18H20N2O2S.ClH/c19-12-7-9-13(10-8-12)20-18(22)15-5-2-1-4-14(15)17(21)16-6-3-11-23-16;/h1-6,11-13H,7-10,19H2,(H,20,22);1H. The zero-order valence-corrected chi connectivity index (χ0v) is 14.9. The fourth-order valence-corrected chi connectivity index (χ4v) is 3.62. The van der Waals surface area contributed by atoms with Gasteiger partial charge in [0.15, 0.2) is 0 Å². The van der Waals surface area contributed by atoms with Crippen LogP contribution in [0.1, 0.15) is 51.3 Å². The molecule has 2 aromatic rings. The Kier molecular flexibility index (Phi) is 6.54. The van der Waals surface area contributed by atoms with Crippen molar-refractivity contribution in [2.75, 3.05) is 0 Å². The molecule has 1 amide bonds. The van der Waals surface area contributed by atoms with Crippen LogP contribution in [0.25, 0.3) is 0 Å². The summed E-state index contributed by atoms with van der Waals surface area (Å²) in [5.41, 5.74) is 6.80. The smallest absolute Gasteiger partial charge is 0.252 e. The number of carbonyl (C=O) groups excluding carboxylic acids is 2. The molecule has 128 valence electrons. The number of nitrogens with one attached hydrogen (secondary N) is 1. The number of rotatable bonds is 4. The summed E-state index contributed by atoms with van der Waals surface area (Å²) in [6.45, 7) is 0. The highest BCUT2D eigenvalue weighted by molar-refractivity contribution is 7.12. The number of ketones is 1. The van der Waals surface area contributed by atoms with E-state index in [9.17, 15) is 9.59 Å². The summed E-state index contributed by atoms with van der Waals surface area (Å²) >= 11 is 1.39. The Balaban J connectivity index is 0.00000208. The number of nitrogens with two attached hydrogens (primary N) is 1. The van der Waals surface area contributed by atoms with Gasteiger partial charge in [-0.15, -0.1) is 23.7 Å². The average Bonchev–Trinajstić information content (AvgIpc) is 3.11. The molecule has 1 aromatic carbocycles. The highest BCUT2D eigenvalue weighted by Gasteiger charge is 2.23. The first-order chi connectivity index (χ1) is 11.1. The number of hydrogen-bond donors (Lipinski definition) is 2. The second-order valence-electron chi connectivity index (χ2n) is 5.94. The van der Waals surface area contributed by atoms with Gasteiger partial charge in [0.1, 0.15) is 0 Å². The Morgan fingerprint density at radius 3 is 2.29 bits per heavy atom. The van der Waals surface area contributed by atoms with Gasteiger partial charge in [0.05, 0.1) is 10.4 Å². The Morgan fingerprint density at radius 2 is 1.67 bits per heavy atom. The summed E-state index contributed by atoms with van der Waals surface area (Å²) in [5, 5.41) is 4.92. The normalized spacial score (nSPS) is 20.0. The second kappa shape index (κ2) is 8.42. The molecule has 0 spiro atoms. The lowest BCUT2D eigenvalue weighted by molar-refractivity contribution is 0.0917. The maximum Gasteiger partial charge on any atom is 0.252 e. The largest absolute Gasteiger partial charge is 0.349 e. The van der Waals surface area contributed by atoms with E-state index in [1.54, 1.807) is 30.3 Å². The molecule has 3 N–H and O–H groups in total. The van der Waals surface area contributed by atoms with E-state index in [2.05, 4.69) is 5.32 Å². The van der Waals surface area contributed by atoms with E-state index < -0.39 is 0 Å². The van der Waals surface area contributed by atoms with Crippen molar-refractivity contribution in [3.63, 3.8) is 0 Å². The van der Waals surface area contributed by atoms with Crippen molar-refractivity contribution in [3.05, 3.63) is 57.8 Å². The zero-order valence-electron chi connectivity index (χ0n) is 13.2. The lowest BCUT2D eigenvalue weighted by atomic mass is 9.91. The SMILES string of the molecule is Cl.NC1CCC(NC(=O)c2ccccc2C(=O)c2cccs2)CC1. The molecule has 1 aliphatic rings. The third-order valence-electron chi connectivity index (χ3n) is 4.27. The summed E-state index contributed by atoms with van der Waals surface area (Å²) in [6, 6.07) is 11.0. The van der Waals surface area contributed by atoms with Gasteiger partial charge in [0.25, 0.3) is 5.91 Å². The van der Waals surface area contributed by atoms with Crippen LogP contribution in [0.2, 0.25) is 0 Å². The molecule has 1 aromatic heterocycles. The van der Waals surface area contributed by atoms with Gasteiger partial charge in [-0.3, -0.25) is 9.59 Å². The molecule has 6 heteroatoms. The van der Waals surface area contributed by atoms with Gasteiger partial charge in [-0.1, -0.05) is 24.3 Å². The van der Waals surface area contributed by atoms with Crippen LogP contribution in [0.5, 0.6) is 0 Å². The minimum absolute atomic E-state index is 0. The van der Waals surface area contributed by atoms with Gasteiger partial charge in [0.2, 0.25) is 5.78 Å². The van der Waals surface area contributed by atoms with Crippen LogP contribution in [0.4, 0.5) is 0 Å². The first-order valence-electron chi connectivity index (χ1n) is 7.89. The fourth-order valence-electron chi connectivity index (χ4n) is 2.95. The topological polar surface area (TPSA) is 72.2 Å². The maximum atomic E-state index is 12.6. The third kappa shape index (κ3) is 4.23.